The molecule has 2 aromatic rings. The van der Waals surface area contributed by atoms with Crippen molar-refractivity contribution >= 4 is 17.4 Å². The number of hydrogen-bond acceptors (Lipinski definition) is 3. The Labute approximate surface area is 125 Å². The molecule has 0 saturated carbocycles. The molecule has 112 valence electrons. The van der Waals surface area contributed by atoms with Crippen LogP contribution in [-0.4, -0.2) is 16.9 Å². The first-order valence-electron chi connectivity index (χ1n) is 6.37. The Hall–Kier alpha value is -1.69. The first kappa shape index (κ1) is 15.7. The predicted octanol–water partition coefficient (Wildman–Crippen LogP) is 4.66. The van der Waals surface area contributed by atoms with Gasteiger partial charge in [-0.15, -0.1) is 11.8 Å². The molecule has 21 heavy (non-hydrogen) atoms. The van der Waals surface area contributed by atoms with Crippen LogP contribution in [0.25, 0.3) is 0 Å². The minimum Gasteiger partial charge on any atom is -0.380 e. The Morgan fingerprint density at radius 3 is 2.67 bits per heavy atom. The predicted molar refractivity (Wildman–Crippen MR) is 79.5 cm³/mol. The summed E-state index contributed by atoms with van der Waals surface area (Å²) in [6, 6.07) is 8.91. The zero-order valence-corrected chi connectivity index (χ0v) is 12.3. The summed E-state index contributed by atoms with van der Waals surface area (Å²) in [5, 5.41) is 3.18. The zero-order chi connectivity index (χ0) is 15.3. The number of nitrogens with zero attached hydrogens (tertiary/aromatic N) is 1. The third-order valence-electron chi connectivity index (χ3n) is 2.90. The van der Waals surface area contributed by atoms with Gasteiger partial charge in [0.05, 0.1) is 5.75 Å². The molecule has 0 aliphatic heterocycles. The Kier molecular flexibility index (Phi) is 5.12. The Balaban J connectivity index is 2.05. The van der Waals surface area contributed by atoms with Gasteiger partial charge in [0, 0.05) is 29.5 Å². The highest BCUT2D eigenvalue weighted by Gasteiger charge is 2.27. The van der Waals surface area contributed by atoms with Gasteiger partial charge in [0.15, 0.2) is 0 Å². The molecule has 2 nitrogen and oxygen atoms in total. The number of aryl methyl sites for hydroxylation is 1. The van der Waals surface area contributed by atoms with E-state index in [0.717, 1.165) is 22.9 Å². The van der Waals surface area contributed by atoms with E-state index >= 15 is 0 Å². The molecule has 0 aliphatic carbocycles. The van der Waals surface area contributed by atoms with Gasteiger partial charge in [-0.05, 0) is 36.2 Å². The zero-order valence-electron chi connectivity index (χ0n) is 11.4. The lowest BCUT2D eigenvalue weighted by Gasteiger charge is -2.13. The summed E-state index contributed by atoms with van der Waals surface area (Å²) in [6.45, 7) is 2.51. The van der Waals surface area contributed by atoms with E-state index < -0.39 is 11.9 Å². The molecular formula is C15H15F3N2S. The fourth-order valence-corrected chi connectivity index (χ4v) is 2.56. The first-order chi connectivity index (χ1) is 9.96. The number of nitrogens with one attached hydrogen (secondary N) is 1. The van der Waals surface area contributed by atoms with E-state index in [4.69, 9.17) is 0 Å². The van der Waals surface area contributed by atoms with Gasteiger partial charge in [-0.3, -0.25) is 4.98 Å². The molecule has 1 heterocycles. The summed E-state index contributed by atoms with van der Waals surface area (Å²) in [7, 11) is 0. The molecule has 6 heteroatoms. The van der Waals surface area contributed by atoms with Gasteiger partial charge in [-0.25, -0.2) is 0 Å². The fraction of sp³-hybridized carbons (Fsp3) is 0.267. The smallest absolute Gasteiger partial charge is 0.380 e. The van der Waals surface area contributed by atoms with Crippen LogP contribution >= 0.6 is 11.8 Å². The van der Waals surface area contributed by atoms with Crippen molar-refractivity contribution in [2.45, 2.75) is 24.5 Å². The van der Waals surface area contributed by atoms with Crippen LogP contribution in [0.1, 0.15) is 11.1 Å². The highest BCUT2D eigenvalue weighted by Crippen LogP contribution is 2.32. The van der Waals surface area contributed by atoms with Gasteiger partial charge in [0.25, 0.3) is 0 Å². The molecule has 1 N–H and O–H groups in total. The van der Waals surface area contributed by atoms with Crippen molar-refractivity contribution in [1.29, 1.82) is 0 Å². The van der Waals surface area contributed by atoms with E-state index in [1.54, 1.807) is 36.7 Å². The fourth-order valence-electron chi connectivity index (χ4n) is 1.77. The number of anilines is 1. The second-order valence-corrected chi connectivity index (χ2v) is 5.57. The van der Waals surface area contributed by atoms with Gasteiger partial charge in [0.1, 0.15) is 0 Å². The molecule has 2 rings (SSSR count). The third-order valence-corrected chi connectivity index (χ3v) is 4.03. The lowest BCUT2D eigenvalue weighted by molar-refractivity contribution is -0.105. The Morgan fingerprint density at radius 1 is 1.19 bits per heavy atom. The van der Waals surface area contributed by atoms with Crippen LogP contribution in [0.4, 0.5) is 18.9 Å². The first-order valence-corrected chi connectivity index (χ1v) is 7.36. The van der Waals surface area contributed by atoms with Crippen LogP contribution in [-0.2, 0) is 6.54 Å². The number of hydrogen-bond donors (Lipinski definition) is 1. The largest absolute Gasteiger partial charge is 0.398 e. The van der Waals surface area contributed by atoms with Crippen molar-refractivity contribution in [2.75, 3.05) is 11.1 Å². The summed E-state index contributed by atoms with van der Waals surface area (Å²) in [4.78, 5) is 4.65. The number of thioether (sulfide) groups is 1. The molecule has 0 unspecified atom stereocenters. The van der Waals surface area contributed by atoms with Crippen molar-refractivity contribution < 1.29 is 13.2 Å². The van der Waals surface area contributed by atoms with E-state index in [1.807, 2.05) is 13.0 Å². The van der Waals surface area contributed by atoms with Crippen molar-refractivity contribution in [1.82, 2.24) is 4.98 Å². The maximum atomic E-state index is 12.3. The number of halogens is 3. The highest BCUT2D eigenvalue weighted by atomic mass is 32.2. The molecule has 1 aromatic carbocycles. The van der Waals surface area contributed by atoms with Crippen molar-refractivity contribution in [3.05, 3.63) is 53.9 Å². The Bertz CT molecular complexity index is 599. The van der Waals surface area contributed by atoms with E-state index in [-0.39, 0.29) is 0 Å². The molecule has 0 amide bonds. The normalized spacial score (nSPS) is 11.4. The van der Waals surface area contributed by atoms with E-state index in [0.29, 0.717) is 17.1 Å². The molecule has 0 saturated heterocycles. The molecule has 0 atom stereocenters. The average molecular weight is 312 g/mol. The molecule has 0 fully saturated rings. The van der Waals surface area contributed by atoms with E-state index in [9.17, 15) is 13.2 Å². The molecule has 0 bridgehead atoms. The number of aromatic nitrogens is 1. The van der Waals surface area contributed by atoms with E-state index in [1.165, 1.54) is 0 Å². The van der Waals surface area contributed by atoms with Crippen LogP contribution in [0.3, 0.4) is 0 Å². The molecule has 1 aromatic heterocycles. The lowest BCUT2D eigenvalue weighted by Crippen LogP contribution is -2.11. The lowest BCUT2D eigenvalue weighted by atomic mass is 10.1. The average Bonchev–Trinajstić information content (AvgIpc) is 2.44. The standard InChI is InChI=1S/C15H15F3N2S/c1-11-6-7-19-8-12(11)9-20-13-4-2-3-5-14(13)21-10-15(16,17)18/h2-8,20H,9-10H2,1H3. The van der Waals surface area contributed by atoms with Gasteiger partial charge >= 0.3 is 6.18 Å². The summed E-state index contributed by atoms with van der Waals surface area (Å²) in [6.07, 6.45) is -0.697. The van der Waals surface area contributed by atoms with Gasteiger partial charge in [-0.1, -0.05) is 12.1 Å². The van der Waals surface area contributed by atoms with Gasteiger partial charge < -0.3 is 5.32 Å². The highest BCUT2D eigenvalue weighted by molar-refractivity contribution is 7.99. The number of para-hydroxylation sites is 1. The van der Waals surface area contributed by atoms with Crippen LogP contribution in [0.15, 0.2) is 47.6 Å². The van der Waals surface area contributed by atoms with Crippen molar-refractivity contribution in [3.63, 3.8) is 0 Å². The maximum absolute atomic E-state index is 12.3. The summed E-state index contributed by atoms with van der Waals surface area (Å²) in [5.74, 6) is -0.891. The number of pyridine rings is 1. The monoisotopic (exact) mass is 312 g/mol. The van der Waals surface area contributed by atoms with Crippen LogP contribution in [0.2, 0.25) is 0 Å². The summed E-state index contributed by atoms with van der Waals surface area (Å²) in [5.41, 5.74) is 2.82. The van der Waals surface area contributed by atoms with Crippen molar-refractivity contribution in [2.24, 2.45) is 0 Å². The quantitative estimate of drug-likeness (QED) is 0.813. The number of rotatable bonds is 5. The second kappa shape index (κ2) is 6.85. The number of benzene rings is 1. The van der Waals surface area contributed by atoms with E-state index in [2.05, 4.69) is 10.3 Å². The van der Waals surface area contributed by atoms with Gasteiger partial charge in [0.2, 0.25) is 0 Å². The minimum absolute atomic E-state index is 0.531. The molecule has 0 aliphatic rings. The SMILES string of the molecule is Cc1ccncc1CNc1ccccc1SCC(F)(F)F. The Morgan fingerprint density at radius 2 is 1.95 bits per heavy atom. The van der Waals surface area contributed by atoms with Crippen LogP contribution in [0, 0.1) is 6.92 Å². The maximum Gasteiger partial charge on any atom is 0.398 e. The van der Waals surface area contributed by atoms with Gasteiger partial charge in [-0.2, -0.15) is 13.2 Å². The summed E-state index contributed by atoms with van der Waals surface area (Å²) < 4.78 is 37.0. The summed E-state index contributed by atoms with van der Waals surface area (Å²) >= 11 is 0.790. The van der Waals surface area contributed by atoms with Crippen LogP contribution < -0.4 is 5.32 Å². The second-order valence-electron chi connectivity index (χ2n) is 4.56. The molecular weight excluding hydrogens is 297 g/mol. The molecule has 0 spiro atoms. The number of alkyl halides is 3. The van der Waals surface area contributed by atoms with Crippen molar-refractivity contribution in [3.8, 4) is 0 Å². The van der Waals surface area contributed by atoms with Crippen LogP contribution in [0.5, 0.6) is 0 Å². The minimum atomic E-state index is -4.17. The third kappa shape index (κ3) is 4.97. The topological polar surface area (TPSA) is 24.9 Å². The molecule has 0 radical (unpaired) electrons.